The summed E-state index contributed by atoms with van der Waals surface area (Å²) in [5.41, 5.74) is 2.07. The van der Waals surface area contributed by atoms with Gasteiger partial charge in [-0.05, 0) is 49.6 Å². The number of carbonyl (C=O) groups excluding carboxylic acids is 1. The Morgan fingerprint density at radius 2 is 1.91 bits per heavy atom. The molecule has 0 unspecified atom stereocenters. The number of piperidine rings is 1. The molecular formula is C18H21N3OS. The van der Waals surface area contributed by atoms with Gasteiger partial charge in [0.2, 0.25) is 5.91 Å². The molecule has 0 spiro atoms. The van der Waals surface area contributed by atoms with E-state index in [2.05, 4.69) is 27.3 Å². The summed E-state index contributed by atoms with van der Waals surface area (Å²) in [5.74, 6) is 0.417. The van der Waals surface area contributed by atoms with E-state index in [0.717, 1.165) is 23.7 Å². The molecule has 120 valence electrons. The van der Waals surface area contributed by atoms with E-state index in [1.807, 2.05) is 24.3 Å². The number of aromatic nitrogens is 1. The van der Waals surface area contributed by atoms with Crippen LogP contribution in [0.1, 0.15) is 19.3 Å². The summed E-state index contributed by atoms with van der Waals surface area (Å²) in [6.07, 6.45) is 7.29. The molecule has 2 heterocycles. The molecule has 3 rings (SSSR count). The van der Waals surface area contributed by atoms with E-state index in [9.17, 15) is 4.79 Å². The van der Waals surface area contributed by atoms with Gasteiger partial charge >= 0.3 is 0 Å². The maximum atomic E-state index is 12.1. The predicted molar refractivity (Wildman–Crippen MR) is 96.1 cm³/mol. The maximum Gasteiger partial charge on any atom is 0.234 e. The molecule has 1 aliphatic rings. The predicted octanol–water partition coefficient (Wildman–Crippen LogP) is 3.80. The number of nitrogens with zero attached hydrogens (tertiary/aromatic N) is 2. The second-order valence-electron chi connectivity index (χ2n) is 5.62. The molecule has 1 N–H and O–H groups in total. The molecule has 1 aromatic carbocycles. The minimum absolute atomic E-state index is 0.0163. The highest BCUT2D eigenvalue weighted by molar-refractivity contribution is 8.00. The lowest BCUT2D eigenvalue weighted by atomic mass is 10.1. The van der Waals surface area contributed by atoms with Gasteiger partial charge in [-0.3, -0.25) is 9.78 Å². The second-order valence-corrected chi connectivity index (χ2v) is 6.67. The molecule has 0 aliphatic carbocycles. The number of pyridine rings is 1. The van der Waals surface area contributed by atoms with E-state index < -0.39 is 0 Å². The Bertz CT molecular complexity index is 642. The molecule has 0 saturated carbocycles. The molecule has 1 aromatic heterocycles. The third-order valence-electron chi connectivity index (χ3n) is 3.87. The average molecular weight is 327 g/mol. The minimum atomic E-state index is 0.0163. The van der Waals surface area contributed by atoms with Crippen molar-refractivity contribution in [3.05, 3.63) is 48.8 Å². The van der Waals surface area contributed by atoms with Crippen molar-refractivity contribution >= 4 is 29.0 Å². The summed E-state index contributed by atoms with van der Waals surface area (Å²) >= 11 is 1.52. The van der Waals surface area contributed by atoms with Crippen molar-refractivity contribution < 1.29 is 4.79 Å². The topological polar surface area (TPSA) is 45.2 Å². The Morgan fingerprint density at radius 1 is 1.13 bits per heavy atom. The highest BCUT2D eigenvalue weighted by atomic mass is 32.2. The Kier molecular flexibility index (Phi) is 5.53. The lowest BCUT2D eigenvalue weighted by Crippen LogP contribution is -2.29. The van der Waals surface area contributed by atoms with Crippen LogP contribution in [0.5, 0.6) is 0 Å². The van der Waals surface area contributed by atoms with Gasteiger partial charge in [0, 0.05) is 41.8 Å². The zero-order valence-corrected chi connectivity index (χ0v) is 13.9. The van der Waals surface area contributed by atoms with Gasteiger partial charge in [-0.25, -0.2) is 0 Å². The fourth-order valence-corrected chi connectivity index (χ4v) is 3.40. The summed E-state index contributed by atoms with van der Waals surface area (Å²) in [6, 6.07) is 12.0. The SMILES string of the molecule is O=C(CSc1ccncc1)Nc1cccc(N2CCCCC2)c1. The fourth-order valence-electron chi connectivity index (χ4n) is 2.71. The molecular weight excluding hydrogens is 306 g/mol. The first-order valence-electron chi connectivity index (χ1n) is 7.99. The monoisotopic (exact) mass is 327 g/mol. The van der Waals surface area contributed by atoms with Crippen LogP contribution in [0.15, 0.2) is 53.7 Å². The van der Waals surface area contributed by atoms with Gasteiger partial charge in [0.15, 0.2) is 0 Å². The molecule has 1 fully saturated rings. The van der Waals surface area contributed by atoms with E-state index in [0.29, 0.717) is 5.75 Å². The minimum Gasteiger partial charge on any atom is -0.371 e. The molecule has 2 aromatic rings. The van der Waals surface area contributed by atoms with Gasteiger partial charge in [0.1, 0.15) is 0 Å². The smallest absolute Gasteiger partial charge is 0.234 e. The van der Waals surface area contributed by atoms with Crippen LogP contribution in [0.25, 0.3) is 0 Å². The number of anilines is 2. The van der Waals surface area contributed by atoms with Crippen LogP contribution in [0.2, 0.25) is 0 Å². The summed E-state index contributed by atoms with van der Waals surface area (Å²) < 4.78 is 0. The molecule has 4 nitrogen and oxygen atoms in total. The van der Waals surface area contributed by atoms with Crippen LogP contribution in [-0.2, 0) is 4.79 Å². The number of hydrogen-bond donors (Lipinski definition) is 1. The quantitative estimate of drug-likeness (QED) is 0.848. The van der Waals surface area contributed by atoms with Gasteiger partial charge < -0.3 is 10.2 Å². The molecule has 1 amide bonds. The number of amides is 1. The first-order chi connectivity index (χ1) is 11.3. The zero-order chi connectivity index (χ0) is 15.9. The standard InChI is InChI=1S/C18H21N3OS/c22-18(14-23-17-7-9-19-10-8-17)20-15-5-4-6-16(13-15)21-11-2-1-3-12-21/h4-10,13H,1-3,11-12,14H2,(H,20,22). The van der Waals surface area contributed by atoms with Gasteiger partial charge in [0.05, 0.1) is 5.75 Å². The number of hydrogen-bond acceptors (Lipinski definition) is 4. The van der Waals surface area contributed by atoms with Gasteiger partial charge in [0.25, 0.3) is 0 Å². The molecule has 0 radical (unpaired) electrons. The van der Waals surface area contributed by atoms with Crippen molar-refractivity contribution in [1.82, 2.24) is 4.98 Å². The van der Waals surface area contributed by atoms with Crippen molar-refractivity contribution in [1.29, 1.82) is 0 Å². The molecule has 1 aliphatic heterocycles. The Hall–Kier alpha value is -2.01. The zero-order valence-electron chi connectivity index (χ0n) is 13.1. The lowest BCUT2D eigenvalue weighted by Gasteiger charge is -2.29. The average Bonchev–Trinajstić information content (AvgIpc) is 2.62. The highest BCUT2D eigenvalue weighted by Crippen LogP contribution is 2.23. The molecule has 0 bridgehead atoms. The third kappa shape index (κ3) is 4.73. The summed E-state index contributed by atoms with van der Waals surface area (Å²) in [6.45, 7) is 2.21. The molecule has 23 heavy (non-hydrogen) atoms. The highest BCUT2D eigenvalue weighted by Gasteiger charge is 2.11. The second kappa shape index (κ2) is 8.02. The van der Waals surface area contributed by atoms with Crippen molar-refractivity contribution in [3.8, 4) is 0 Å². The molecule has 5 heteroatoms. The van der Waals surface area contributed by atoms with Gasteiger partial charge in [-0.15, -0.1) is 11.8 Å². The van der Waals surface area contributed by atoms with Crippen LogP contribution >= 0.6 is 11.8 Å². The van der Waals surface area contributed by atoms with Crippen molar-refractivity contribution in [3.63, 3.8) is 0 Å². The van der Waals surface area contributed by atoms with Crippen LogP contribution in [0, 0.1) is 0 Å². The summed E-state index contributed by atoms with van der Waals surface area (Å²) in [7, 11) is 0. The number of thioether (sulfide) groups is 1. The van der Waals surface area contributed by atoms with E-state index in [-0.39, 0.29) is 5.91 Å². The first kappa shape index (κ1) is 15.9. The van der Waals surface area contributed by atoms with E-state index in [1.165, 1.54) is 36.7 Å². The molecule has 0 atom stereocenters. The third-order valence-corrected chi connectivity index (χ3v) is 4.88. The van der Waals surface area contributed by atoms with Crippen molar-refractivity contribution in [2.75, 3.05) is 29.1 Å². The van der Waals surface area contributed by atoms with Crippen LogP contribution in [0.4, 0.5) is 11.4 Å². The number of nitrogens with one attached hydrogen (secondary N) is 1. The van der Waals surface area contributed by atoms with Crippen LogP contribution in [0.3, 0.4) is 0 Å². The van der Waals surface area contributed by atoms with Gasteiger partial charge in [-0.1, -0.05) is 6.07 Å². The van der Waals surface area contributed by atoms with Crippen LogP contribution < -0.4 is 10.2 Å². The summed E-state index contributed by atoms with van der Waals surface area (Å²) in [4.78, 5) is 19.5. The van der Waals surface area contributed by atoms with E-state index in [4.69, 9.17) is 0 Å². The first-order valence-corrected chi connectivity index (χ1v) is 8.97. The Morgan fingerprint density at radius 3 is 2.70 bits per heavy atom. The number of rotatable bonds is 5. The fraction of sp³-hybridized carbons (Fsp3) is 0.333. The molecule has 1 saturated heterocycles. The largest absolute Gasteiger partial charge is 0.371 e. The Labute approximate surface area is 141 Å². The maximum absolute atomic E-state index is 12.1. The summed E-state index contributed by atoms with van der Waals surface area (Å²) in [5, 5.41) is 2.99. The lowest BCUT2D eigenvalue weighted by molar-refractivity contribution is -0.113. The van der Waals surface area contributed by atoms with Crippen molar-refractivity contribution in [2.45, 2.75) is 24.2 Å². The van der Waals surface area contributed by atoms with Crippen molar-refractivity contribution in [2.24, 2.45) is 0 Å². The van der Waals surface area contributed by atoms with Crippen LogP contribution in [-0.4, -0.2) is 29.7 Å². The normalized spacial score (nSPS) is 14.5. The number of carbonyl (C=O) groups is 1. The van der Waals surface area contributed by atoms with E-state index in [1.54, 1.807) is 12.4 Å². The Balaban J connectivity index is 1.55. The number of benzene rings is 1. The van der Waals surface area contributed by atoms with E-state index >= 15 is 0 Å². The van der Waals surface area contributed by atoms with Gasteiger partial charge in [-0.2, -0.15) is 0 Å².